The van der Waals surface area contributed by atoms with Crippen molar-refractivity contribution in [2.75, 3.05) is 0 Å². The standard InChI is InChI=1S/C23H22F4O/c1-3-4-13-5-8-17(28-11-13)16-10-15-7-6-14-9-12(2)20(24)22(26)18(14)19(15)23(27)21(16)25/h9-11,17H,3-8H2,1-2H3. The Balaban J connectivity index is 1.79. The maximum Gasteiger partial charge on any atom is 0.167 e. The van der Waals surface area contributed by atoms with Crippen LogP contribution in [-0.4, -0.2) is 0 Å². The van der Waals surface area contributed by atoms with Crippen LogP contribution in [0.1, 0.15) is 61.0 Å². The second kappa shape index (κ2) is 7.26. The summed E-state index contributed by atoms with van der Waals surface area (Å²) in [6, 6.07) is 3.09. The molecule has 0 saturated heterocycles. The van der Waals surface area contributed by atoms with Crippen molar-refractivity contribution in [3.63, 3.8) is 0 Å². The van der Waals surface area contributed by atoms with Gasteiger partial charge in [-0.25, -0.2) is 17.6 Å². The number of rotatable bonds is 3. The molecule has 2 aromatic carbocycles. The zero-order valence-electron chi connectivity index (χ0n) is 16.0. The smallest absolute Gasteiger partial charge is 0.167 e. The van der Waals surface area contributed by atoms with E-state index in [9.17, 15) is 13.2 Å². The Kier molecular flexibility index (Phi) is 4.94. The van der Waals surface area contributed by atoms with E-state index in [1.807, 2.05) is 0 Å². The van der Waals surface area contributed by atoms with Crippen LogP contribution in [0.5, 0.6) is 0 Å². The van der Waals surface area contributed by atoms with Crippen LogP contribution in [0.3, 0.4) is 0 Å². The predicted octanol–water partition coefficient (Wildman–Crippen LogP) is 6.85. The molecule has 0 N–H and O–H groups in total. The van der Waals surface area contributed by atoms with Gasteiger partial charge in [-0.15, -0.1) is 0 Å². The van der Waals surface area contributed by atoms with E-state index in [0.29, 0.717) is 30.4 Å². The van der Waals surface area contributed by atoms with Crippen LogP contribution in [-0.2, 0) is 17.6 Å². The molecule has 0 saturated carbocycles. The van der Waals surface area contributed by atoms with E-state index >= 15 is 4.39 Å². The van der Waals surface area contributed by atoms with Crippen LogP contribution in [0.2, 0.25) is 0 Å². The first-order chi connectivity index (χ1) is 13.4. The van der Waals surface area contributed by atoms with Gasteiger partial charge in [0.2, 0.25) is 0 Å². The van der Waals surface area contributed by atoms with Gasteiger partial charge < -0.3 is 4.74 Å². The third-order valence-electron chi connectivity index (χ3n) is 5.75. The van der Waals surface area contributed by atoms with E-state index in [4.69, 9.17) is 4.74 Å². The van der Waals surface area contributed by atoms with Crippen molar-refractivity contribution in [3.8, 4) is 11.1 Å². The summed E-state index contributed by atoms with van der Waals surface area (Å²) in [5.74, 6) is -4.28. The first-order valence-electron chi connectivity index (χ1n) is 9.74. The summed E-state index contributed by atoms with van der Waals surface area (Å²) in [6.07, 6.45) is 5.26. The molecule has 0 aromatic heterocycles. The molecule has 0 amide bonds. The average molecular weight is 390 g/mol. The van der Waals surface area contributed by atoms with Gasteiger partial charge in [0, 0.05) is 16.7 Å². The van der Waals surface area contributed by atoms with Crippen LogP contribution in [0, 0.1) is 30.2 Å². The van der Waals surface area contributed by atoms with Gasteiger partial charge >= 0.3 is 0 Å². The molecule has 1 aliphatic carbocycles. The lowest BCUT2D eigenvalue weighted by Crippen LogP contribution is -2.15. The Bertz CT molecular complexity index is 978. The predicted molar refractivity (Wildman–Crippen MR) is 99.9 cm³/mol. The molecule has 148 valence electrons. The van der Waals surface area contributed by atoms with E-state index in [1.165, 1.54) is 18.6 Å². The van der Waals surface area contributed by atoms with Gasteiger partial charge in [0.25, 0.3) is 0 Å². The maximum absolute atomic E-state index is 15.1. The minimum Gasteiger partial charge on any atom is -0.493 e. The molecule has 4 rings (SSSR count). The van der Waals surface area contributed by atoms with Gasteiger partial charge in [-0.1, -0.05) is 19.4 Å². The first kappa shape index (κ1) is 19.0. The van der Waals surface area contributed by atoms with Crippen LogP contribution < -0.4 is 0 Å². The van der Waals surface area contributed by atoms with Crippen molar-refractivity contribution in [3.05, 3.63) is 69.5 Å². The lowest BCUT2D eigenvalue weighted by molar-refractivity contribution is 0.115. The molecule has 0 fully saturated rings. The van der Waals surface area contributed by atoms with Crippen LogP contribution >= 0.6 is 0 Å². The molecule has 1 heterocycles. The minimum atomic E-state index is -1.12. The Labute approximate surface area is 162 Å². The topological polar surface area (TPSA) is 9.23 Å². The molecule has 0 bridgehead atoms. The molecule has 5 heteroatoms. The summed E-state index contributed by atoms with van der Waals surface area (Å²) in [5.41, 5.74) is 2.19. The van der Waals surface area contributed by atoms with E-state index < -0.39 is 29.4 Å². The summed E-state index contributed by atoms with van der Waals surface area (Å²) in [7, 11) is 0. The van der Waals surface area contributed by atoms with Gasteiger partial charge in [0.1, 0.15) is 6.10 Å². The Morgan fingerprint density at radius 1 is 0.893 bits per heavy atom. The number of fused-ring (bicyclic) bond motifs is 3. The molecule has 2 aliphatic rings. The van der Waals surface area contributed by atoms with Gasteiger partial charge in [-0.05, 0) is 67.4 Å². The van der Waals surface area contributed by atoms with Crippen molar-refractivity contribution in [2.24, 2.45) is 0 Å². The molecule has 1 unspecified atom stereocenters. The van der Waals surface area contributed by atoms with Crippen molar-refractivity contribution < 1.29 is 22.3 Å². The van der Waals surface area contributed by atoms with E-state index in [-0.39, 0.29) is 22.3 Å². The molecule has 28 heavy (non-hydrogen) atoms. The third kappa shape index (κ3) is 3.01. The first-order valence-corrected chi connectivity index (χ1v) is 9.74. The zero-order chi connectivity index (χ0) is 20.0. The van der Waals surface area contributed by atoms with Crippen LogP contribution in [0.4, 0.5) is 17.6 Å². The monoisotopic (exact) mass is 390 g/mol. The lowest BCUT2D eigenvalue weighted by Gasteiger charge is -2.27. The number of benzene rings is 2. The molecule has 0 spiro atoms. The summed E-state index contributed by atoms with van der Waals surface area (Å²) >= 11 is 0. The van der Waals surface area contributed by atoms with Crippen molar-refractivity contribution in [1.82, 2.24) is 0 Å². The number of hydrogen-bond donors (Lipinski definition) is 0. The maximum atomic E-state index is 15.1. The quantitative estimate of drug-likeness (QED) is 0.521. The molecular formula is C23H22F4O. The Hall–Kier alpha value is -2.30. The molecule has 1 atom stereocenters. The molecule has 1 aliphatic heterocycles. The normalized spacial score (nSPS) is 18.2. The SMILES string of the molecule is CCCC1=COC(c2cc3c(c(F)c2F)-c2c(cc(C)c(F)c2F)CC3)CC1. The van der Waals surface area contributed by atoms with E-state index in [0.717, 1.165) is 19.3 Å². The fourth-order valence-electron chi connectivity index (χ4n) is 4.32. The fraction of sp³-hybridized carbons (Fsp3) is 0.391. The number of ether oxygens (including phenoxy) is 1. The third-order valence-corrected chi connectivity index (χ3v) is 5.75. The molecular weight excluding hydrogens is 368 g/mol. The van der Waals surface area contributed by atoms with E-state index in [2.05, 4.69) is 6.92 Å². The van der Waals surface area contributed by atoms with E-state index in [1.54, 1.807) is 12.3 Å². The molecule has 1 nitrogen and oxygen atoms in total. The highest BCUT2D eigenvalue weighted by atomic mass is 19.2. The van der Waals surface area contributed by atoms with Gasteiger partial charge in [0.05, 0.1) is 6.26 Å². The fourth-order valence-corrected chi connectivity index (χ4v) is 4.32. The second-order valence-corrected chi connectivity index (χ2v) is 7.67. The minimum absolute atomic E-state index is 0.151. The second-order valence-electron chi connectivity index (χ2n) is 7.67. The number of aryl methyl sites for hydroxylation is 3. The lowest BCUT2D eigenvalue weighted by atomic mass is 9.82. The highest BCUT2D eigenvalue weighted by Gasteiger charge is 2.32. The van der Waals surface area contributed by atoms with Crippen molar-refractivity contribution in [2.45, 2.75) is 58.5 Å². The number of hydrogen-bond acceptors (Lipinski definition) is 1. The number of allylic oxidation sites excluding steroid dienone is 1. The van der Waals surface area contributed by atoms with Gasteiger partial charge in [-0.2, -0.15) is 0 Å². The van der Waals surface area contributed by atoms with Crippen molar-refractivity contribution >= 4 is 0 Å². The Morgan fingerprint density at radius 3 is 2.14 bits per heavy atom. The summed E-state index contributed by atoms with van der Waals surface area (Å²) in [6.45, 7) is 3.54. The molecule has 2 aromatic rings. The van der Waals surface area contributed by atoms with Gasteiger partial charge in [0.15, 0.2) is 23.3 Å². The van der Waals surface area contributed by atoms with Crippen molar-refractivity contribution in [1.29, 1.82) is 0 Å². The largest absolute Gasteiger partial charge is 0.493 e. The summed E-state index contributed by atoms with van der Waals surface area (Å²) in [5, 5.41) is 0. The average Bonchev–Trinajstić information content (AvgIpc) is 2.69. The van der Waals surface area contributed by atoms with Crippen LogP contribution in [0.15, 0.2) is 24.0 Å². The highest BCUT2D eigenvalue weighted by Crippen LogP contribution is 2.43. The van der Waals surface area contributed by atoms with Gasteiger partial charge in [-0.3, -0.25) is 0 Å². The van der Waals surface area contributed by atoms with Crippen LogP contribution in [0.25, 0.3) is 11.1 Å². The summed E-state index contributed by atoms with van der Waals surface area (Å²) < 4.78 is 64.4. The highest BCUT2D eigenvalue weighted by molar-refractivity contribution is 5.75. The Morgan fingerprint density at radius 2 is 1.54 bits per heavy atom. The molecule has 0 radical (unpaired) electrons. The summed E-state index contributed by atoms with van der Waals surface area (Å²) in [4.78, 5) is 0. The zero-order valence-corrected chi connectivity index (χ0v) is 16.0. The number of halogens is 4.